The SMILES string of the molecule is COC1(CNC(=O)N2CCC3(CC3)C2)CC1. The van der Waals surface area contributed by atoms with E-state index in [1.54, 1.807) is 7.11 Å². The first kappa shape index (κ1) is 10.4. The van der Waals surface area contributed by atoms with Crippen molar-refractivity contribution in [2.75, 3.05) is 26.7 Å². The zero-order chi connectivity index (χ0) is 11.2. The molecule has 90 valence electrons. The van der Waals surface area contributed by atoms with Gasteiger partial charge in [-0.1, -0.05) is 0 Å². The maximum Gasteiger partial charge on any atom is 0.317 e. The summed E-state index contributed by atoms with van der Waals surface area (Å²) in [6.45, 7) is 2.58. The Morgan fingerprint density at radius 2 is 2.06 bits per heavy atom. The third kappa shape index (κ3) is 1.79. The van der Waals surface area contributed by atoms with Gasteiger partial charge in [0.25, 0.3) is 0 Å². The number of hydrogen-bond donors (Lipinski definition) is 1. The molecule has 2 saturated carbocycles. The van der Waals surface area contributed by atoms with Crippen LogP contribution in [0.5, 0.6) is 0 Å². The van der Waals surface area contributed by atoms with Crippen molar-refractivity contribution in [3.05, 3.63) is 0 Å². The lowest BCUT2D eigenvalue weighted by Gasteiger charge is -2.20. The smallest absolute Gasteiger partial charge is 0.317 e. The third-order valence-electron chi connectivity index (χ3n) is 4.49. The van der Waals surface area contributed by atoms with Crippen LogP contribution in [0.25, 0.3) is 0 Å². The van der Waals surface area contributed by atoms with Crippen LogP contribution in [-0.2, 0) is 4.74 Å². The van der Waals surface area contributed by atoms with Gasteiger partial charge in [0.1, 0.15) is 0 Å². The van der Waals surface area contributed by atoms with Crippen LogP contribution in [0.3, 0.4) is 0 Å². The number of carbonyl (C=O) groups excluding carboxylic acids is 1. The van der Waals surface area contributed by atoms with Crippen molar-refractivity contribution in [3.8, 4) is 0 Å². The van der Waals surface area contributed by atoms with Gasteiger partial charge in [-0.05, 0) is 37.5 Å². The number of methoxy groups -OCH3 is 1. The van der Waals surface area contributed by atoms with E-state index in [-0.39, 0.29) is 11.6 Å². The van der Waals surface area contributed by atoms with Crippen molar-refractivity contribution in [1.82, 2.24) is 10.2 Å². The Morgan fingerprint density at radius 3 is 2.56 bits per heavy atom. The summed E-state index contributed by atoms with van der Waals surface area (Å²) in [5, 5.41) is 3.01. The maximum atomic E-state index is 11.9. The van der Waals surface area contributed by atoms with Crippen LogP contribution >= 0.6 is 0 Å². The normalized spacial score (nSPS) is 28.2. The third-order valence-corrected chi connectivity index (χ3v) is 4.49. The lowest BCUT2D eigenvalue weighted by Crippen LogP contribution is -2.43. The number of nitrogens with zero attached hydrogens (tertiary/aromatic N) is 1. The van der Waals surface area contributed by atoms with Gasteiger partial charge in [0.05, 0.1) is 5.60 Å². The number of carbonyl (C=O) groups is 1. The highest BCUT2D eigenvalue weighted by Crippen LogP contribution is 2.52. The summed E-state index contributed by atoms with van der Waals surface area (Å²) in [4.78, 5) is 13.9. The van der Waals surface area contributed by atoms with Gasteiger partial charge >= 0.3 is 6.03 Å². The van der Waals surface area contributed by atoms with Crippen LogP contribution in [-0.4, -0.2) is 43.3 Å². The van der Waals surface area contributed by atoms with Gasteiger partial charge in [0, 0.05) is 26.7 Å². The van der Waals surface area contributed by atoms with Crippen molar-refractivity contribution in [2.45, 2.75) is 37.7 Å². The van der Waals surface area contributed by atoms with Gasteiger partial charge in [-0.25, -0.2) is 4.79 Å². The van der Waals surface area contributed by atoms with Gasteiger partial charge in [-0.15, -0.1) is 0 Å². The van der Waals surface area contributed by atoms with Crippen molar-refractivity contribution in [1.29, 1.82) is 0 Å². The average molecular weight is 224 g/mol. The molecule has 1 aliphatic heterocycles. The van der Waals surface area contributed by atoms with E-state index in [2.05, 4.69) is 5.32 Å². The van der Waals surface area contributed by atoms with Crippen LogP contribution in [0.1, 0.15) is 32.1 Å². The average Bonchev–Trinajstić information content (AvgIpc) is 3.16. The molecular formula is C12H20N2O2. The minimum Gasteiger partial charge on any atom is -0.376 e. The van der Waals surface area contributed by atoms with Crippen LogP contribution < -0.4 is 5.32 Å². The number of hydrogen-bond acceptors (Lipinski definition) is 2. The van der Waals surface area contributed by atoms with E-state index in [1.807, 2.05) is 4.90 Å². The Labute approximate surface area is 96.3 Å². The van der Waals surface area contributed by atoms with Crippen molar-refractivity contribution < 1.29 is 9.53 Å². The monoisotopic (exact) mass is 224 g/mol. The number of rotatable bonds is 3. The summed E-state index contributed by atoms with van der Waals surface area (Å²) in [6.07, 6.45) is 5.99. The lowest BCUT2D eigenvalue weighted by atomic mass is 10.1. The molecule has 2 aliphatic carbocycles. The molecule has 0 aromatic heterocycles. The van der Waals surface area contributed by atoms with Gasteiger partial charge in [0.2, 0.25) is 0 Å². The second-order valence-electron chi connectivity index (χ2n) is 5.72. The summed E-state index contributed by atoms with van der Waals surface area (Å²) in [6, 6.07) is 0.104. The molecule has 1 heterocycles. The first-order chi connectivity index (χ1) is 7.67. The molecule has 1 saturated heterocycles. The zero-order valence-corrected chi connectivity index (χ0v) is 9.92. The van der Waals surface area contributed by atoms with Gasteiger partial charge < -0.3 is 15.0 Å². The highest BCUT2D eigenvalue weighted by Gasteiger charge is 2.49. The zero-order valence-electron chi connectivity index (χ0n) is 9.92. The molecule has 2 amide bonds. The van der Waals surface area contributed by atoms with E-state index in [4.69, 9.17) is 4.74 Å². The first-order valence-corrected chi connectivity index (χ1v) is 6.25. The highest BCUT2D eigenvalue weighted by molar-refractivity contribution is 5.74. The number of urea groups is 1. The number of amides is 2. The molecule has 0 aromatic rings. The molecule has 4 nitrogen and oxygen atoms in total. The fraction of sp³-hybridized carbons (Fsp3) is 0.917. The maximum absolute atomic E-state index is 11.9. The Bertz CT molecular complexity index is 308. The van der Waals surface area contributed by atoms with Crippen LogP contribution in [0.2, 0.25) is 0 Å². The van der Waals surface area contributed by atoms with Crippen molar-refractivity contribution in [2.24, 2.45) is 5.41 Å². The van der Waals surface area contributed by atoms with Gasteiger partial charge in [0.15, 0.2) is 0 Å². The minimum atomic E-state index is -0.0351. The standard InChI is InChI=1S/C12H20N2O2/c1-16-12(4-5-12)8-13-10(15)14-7-6-11(9-14)2-3-11/h2-9H2,1H3,(H,13,15). The summed E-state index contributed by atoms with van der Waals surface area (Å²) >= 11 is 0. The highest BCUT2D eigenvalue weighted by atomic mass is 16.5. The van der Waals surface area contributed by atoms with E-state index in [1.165, 1.54) is 19.3 Å². The Kier molecular flexibility index (Phi) is 2.18. The number of likely N-dealkylation sites (tertiary alicyclic amines) is 1. The predicted octanol–water partition coefficient (Wildman–Crippen LogP) is 1.36. The van der Waals surface area contributed by atoms with E-state index >= 15 is 0 Å². The number of ether oxygens (including phenoxy) is 1. The quantitative estimate of drug-likeness (QED) is 0.786. The summed E-state index contributed by atoms with van der Waals surface area (Å²) in [5.41, 5.74) is 0.489. The molecule has 0 radical (unpaired) electrons. The Balaban J connectivity index is 1.47. The molecule has 0 atom stereocenters. The Morgan fingerprint density at radius 1 is 1.31 bits per heavy atom. The molecule has 3 rings (SSSR count). The molecule has 0 aromatic carbocycles. The van der Waals surface area contributed by atoms with Gasteiger partial charge in [-0.2, -0.15) is 0 Å². The largest absolute Gasteiger partial charge is 0.376 e. The van der Waals surface area contributed by atoms with E-state index in [9.17, 15) is 4.79 Å². The molecule has 1 spiro atoms. The predicted molar refractivity (Wildman–Crippen MR) is 60.2 cm³/mol. The van der Waals surface area contributed by atoms with Gasteiger partial charge in [-0.3, -0.25) is 0 Å². The molecule has 4 heteroatoms. The fourth-order valence-electron chi connectivity index (χ4n) is 2.63. The fourth-order valence-corrected chi connectivity index (χ4v) is 2.63. The molecular weight excluding hydrogens is 204 g/mol. The van der Waals surface area contributed by atoms with Crippen molar-refractivity contribution >= 4 is 6.03 Å². The molecule has 0 unspecified atom stereocenters. The second kappa shape index (κ2) is 3.36. The lowest BCUT2D eigenvalue weighted by molar-refractivity contribution is 0.0800. The summed E-state index contributed by atoms with van der Waals surface area (Å²) < 4.78 is 5.38. The van der Waals surface area contributed by atoms with E-state index in [0.717, 1.165) is 25.9 Å². The summed E-state index contributed by atoms with van der Waals surface area (Å²) in [7, 11) is 1.73. The molecule has 3 fully saturated rings. The van der Waals surface area contributed by atoms with Crippen LogP contribution in [0.4, 0.5) is 4.79 Å². The Hall–Kier alpha value is -0.770. The molecule has 0 bridgehead atoms. The molecule has 3 aliphatic rings. The molecule has 1 N–H and O–H groups in total. The first-order valence-electron chi connectivity index (χ1n) is 6.25. The minimum absolute atomic E-state index is 0.0351. The van der Waals surface area contributed by atoms with Crippen molar-refractivity contribution in [3.63, 3.8) is 0 Å². The number of nitrogens with one attached hydrogen (secondary N) is 1. The van der Waals surface area contributed by atoms with Crippen LogP contribution in [0.15, 0.2) is 0 Å². The van der Waals surface area contributed by atoms with E-state index < -0.39 is 0 Å². The summed E-state index contributed by atoms with van der Waals surface area (Å²) in [5.74, 6) is 0. The van der Waals surface area contributed by atoms with E-state index in [0.29, 0.717) is 12.0 Å². The van der Waals surface area contributed by atoms with Crippen LogP contribution in [0, 0.1) is 5.41 Å². The topological polar surface area (TPSA) is 41.6 Å². The molecule has 16 heavy (non-hydrogen) atoms. The second-order valence-corrected chi connectivity index (χ2v) is 5.72.